The van der Waals surface area contributed by atoms with Gasteiger partial charge in [-0.3, -0.25) is 14.9 Å². The maximum Gasteiger partial charge on any atom is 0.311 e. The van der Waals surface area contributed by atoms with Crippen LogP contribution in [0.3, 0.4) is 0 Å². The van der Waals surface area contributed by atoms with Gasteiger partial charge in [-0.25, -0.2) is 8.42 Å². The molecule has 9 heteroatoms. The van der Waals surface area contributed by atoms with Gasteiger partial charge >= 0.3 is 5.97 Å². The molecule has 0 aliphatic carbocycles. The Balaban J connectivity index is 1.97. The Labute approximate surface area is 170 Å². The molecule has 0 atom stereocenters. The predicted molar refractivity (Wildman–Crippen MR) is 108 cm³/mol. The van der Waals surface area contributed by atoms with Crippen LogP contribution in [0.4, 0.5) is 5.69 Å². The van der Waals surface area contributed by atoms with E-state index in [1.165, 1.54) is 34.6 Å². The summed E-state index contributed by atoms with van der Waals surface area (Å²) >= 11 is 0. The normalized spacial score (nSPS) is 11.4. The first kappa shape index (κ1) is 22.5. The van der Waals surface area contributed by atoms with Crippen LogP contribution in [0.2, 0.25) is 0 Å². The van der Waals surface area contributed by atoms with Crippen LogP contribution in [-0.2, 0) is 21.2 Å². The van der Waals surface area contributed by atoms with Crippen molar-refractivity contribution in [2.24, 2.45) is 0 Å². The maximum absolute atomic E-state index is 12.5. The molecule has 2 aromatic carbocycles. The zero-order valence-corrected chi connectivity index (χ0v) is 17.4. The van der Waals surface area contributed by atoms with Crippen LogP contribution >= 0.6 is 0 Å². The van der Waals surface area contributed by atoms with Crippen molar-refractivity contribution >= 4 is 21.7 Å². The van der Waals surface area contributed by atoms with Gasteiger partial charge in [0.1, 0.15) is 5.75 Å². The molecule has 8 nitrogen and oxygen atoms in total. The third-order valence-electron chi connectivity index (χ3n) is 4.48. The highest BCUT2D eigenvalue weighted by Crippen LogP contribution is 2.23. The molecule has 0 aliphatic rings. The van der Waals surface area contributed by atoms with Crippen LogP contribution in [-0.4, -0.2) is 36.7 Å². The lowest BCUT2D eigenvalue weighted by molar-refractivity contribution is -0.385. The van der Waals surface area contributed by atoms with E-state index in [1.54, 1.807) is 32.9 Å². The fourth-order valence-electron chi connectivity index (χ4n) is 2.87. The molecule has 0 amide bonds. The van der Waals surface area contributed by atoms with E-state index in [-0.39, 0.29) is 22.8 Å². The summed E-state index contributed by atoms with van der Waals surface area (Å²) in [5.74, 6) is -0.225. The van der Waals surface area contributed by atoms with Crippen LogP contribution in [0, 0.1) is 17.0 Å². The maximum atomic E-state index is 12.5. The molecule has 0 aliphatic heterocycles. The van der Waals surface area contributed by atoms with Gasteiger partial charge in [0.05, 0.1) is 9.82 Å². The Morgan fingerprint density at radius 3 is 2.24 bits per heavy atom. The van der Waals surface area contributed by atoms with E-state index >= 15 is 0 Å². The minimum atomic E-state index is -3.51. The standard InChI is InChI=1S/C20H24N2O6S/c1-4-21(5-2)29(26,27)18-10-6-16(7-11-18)8-13-20(23)28-17-9-12-19(22(24)25)15(3)14-17/h6-7,9-12,14H,4-5,8,13H2,1-3H3. The number of hydrogen-bond acceptors (Lipinski definition) is 6. The van der Waals surface area contributed by atoms with E-state index in [0.717, 1.165) is 5.56 Å². The minimum Gasteiger partial charge on any atom is -0.427 e. The van der Waals surface area contributed by atoms with Crippen molar-refractivity contribution in [2.45, 2.75) is 38.5 Å². The Bertz CT molecular complexity index is 983. The number of benzene rings is 2. The first-order valence-electron chi connectivity index (χ1n) is 9.23. The summed E-state index contributed by atoms with van der Waals surface area (Å²) in [6, 6.07) is 10.6. The van der Waals surface area contributed by atoms with E-state index in [4.69, 9.17) is 4.74 Å². The fraction of sp³-hybridized carbons (Fsp3) is 0.350. The van der Waals surface area contributed by atoms with Gasteiger partial charge < -0.3 is 4.74 Å². The second kappa shape index (κ2) is 9.62. The van der Waals surface area contributed by atoms with Crippen molar-refractivity contribution in [1.82, 2.24) is 4.31 Å². The molecular weight excluding hydrogens is 396 g/mol. The summed E-state index contributed by atoms with van der Waals surface area (Å²) in [5, 5.41) is 10.8. The first-order chi connectivity index (χ1) is 13.7. The second-order valence-electron chi connectivity index (χ2n) is 6.41. The highest BCUT2D eigenvalue weighted by Gasteiger charge is 2.21. The SMILES string of the molecule is CCN(CC)S(=O)(=O)c1ccc(CCC(=O)Oc2ccc([N+](=O)[O-])c(C)c2)cc1. The van der Waals surface area contributed by atoms with Crippen LogP contribution in [0.1, 0.15) is 31.4 Å². The molecule has 0 heterocycles. The number of carbonyl (C=O) groups is 1. The Morgan fingerprint density at radius 1 is 1.10 bits per heavy atom. The second-order valence-corrected chi connectivity index (χ2v) is 8.35. The summed E-state index contributed by atoms with van der Waals surface area (Å²) in [5.41, 5.74) is 1.18. The number of sulfonamides is 1. The fourth-order valence-corrected chi connectivity index (χ4v) is 4.32. The van der Waals surface area contributed by atoms with E-state index in [1.807, 2.05) is 0 Å². The number of nitro benzene ring substituents is 1. The van der Waals surface area contributed by atoms with Crippen molar-refractivity contribution in [1.29, 1.82) is 0 Å². The van der Waals surface area contributed by atoms with Crippen LogP contribution in [0.25, 0.3) is 0 Å². The van der Waals surface area contributed by atoms with Gasteiger partial charge in [-0.1, -0.05) is 26.0 Å². The van der Waals surface area contributed by atoms with Crippen LogP contribution in [0.15, 0.2) is 47.4 Å². The highest BCUT2D eigenvalue weighted by molar-refractivity contribution is 7.89. The molecule has 0 spiro atoms. The monoisotopic (exact) mass is 420 g/mol. The molecule has 29 heavy (non-hydrogen) atoms. The molecule has 0 bridgehead atoms. The molecule has 156 valence electrons. The summed E-state index contributed by atoms with van der Waals surface area (Å²) in [6.45, 7) is 5.94. The lowest BCUT2D eigenvalue weighted by Gasteiger charge is -2.18. The lowest BCUT2D eigenvalue weighted by Crippen LogP contribution is -2.30. The molecule has 0 saturated heterocycles. The van der Waals surface area contributed by atoms with E-state index in [0.29, 0.717) is 25.1 Å². The molecule has 0 N–H and O–H groups in total. The van der Waals surface area contributed by atoms with Gasteiger partial charge in [0.25, 0.3) is 5.69 Å². The molecule has 2 rings (SSSR count). The highest BCUT2D eigenvalue weighted by atomic mass is 32.2. The first-order valence-corrected chi connectivity index (χ1v) is 10.7. The summed E-state index contributed by atoms with van der Waals surface area (Å²) in [4.78, 5) is 22.6. The van der Waals surface area contributed by atoms with Gasteiger partial charge in [0.2, 0.25) is 10.0 Å². The van der Waals surface area contributed by atoms with E-state index < -0.39 is 20.9 Å². The van der Waals surface area contributed by atoms with Gasteiger partial charge in [-0.15, -0.1) is 0 Å². The van der Waals surface area contributed by atoms with Crippen molar-refractivity contribution < 1.29 is 22.9 Å². The number of esters is 1. The molecular formula is C20H24N2O6S. The summed E-state index contributed by atoms with van der Waals surface area (Å²) in [6.07, 6.45) is 0.481. The number of ether oxygens (including phenoxy) is 1. The summed E-state index contributed by atoms with van der Waals surface area (Å²) in [7, 11) is -3.51. The molecule has 0 radical (unpaired) electrons. The quantitative estimate of drug-likeness (QED) is 0.266. The van der Waals surface area contributed by atoms with Crippen LogP contribution < -0.4 is 4.74 Å². The zero-order valence-electron chi connectivity index (χ0n) is 16.6. The zero-order chi connectivity index (χ0) is 21.6. The number of rotatable bonds is 9. The molecule has 2 aromatic rings. The van der Waals surface area contributed by atoms with Crippen LogP contribution in [0.5, 0.6) is 5.75 Å². The Hall–Kier alpha value is -2.78. The number of nitro groups is 1. The topological polar surface area (TPSA) is 107 Å². The number of carbonyl (C=O) groups excluding carboxylic acids is 1. The van der Waals surface area contributed by atoms with Crippen molar-refractivity contribution in [3.63, 3.8) is 0 Å². The van der Waals surface area contributed by atoms with Crippen molar-refractivity contribution in [2.75, 3.05) is 13.1 Å². The molecule has 0 aromatic heterocycles. The molecule has 0 unspecified atom stereocenters. The Morgan fingerprint density at radius 2 is 1.72 bits per heavy atom. The third-order valence-corrected chi connectivity index (χ3v) is 6.55. The van der Waals surface area contributed by atoms with E-state index in [2.05, 4.69) is 0 Å². The van der Waals surface area contributed by atoms with Crippen molar-refractivity contribution in [3.8, 4) is 5.75 Å². The number of aryl methyl sites for hydroxylation is 2. The number of hydrogen-bond donors (Lipinski definition) is 0. The molecule has 0 fully saturated rings. The third kappa shape index (κ3) is 5.61. The minimum absolute atomic E-state index is 0.0375. The van der Waals surface area contributed by atoms with Gasteiger partial charge in [0.15, 0.2) is 0 Å². The van der Waals surface area contributed by atoms with Gasteiger partial charge in [0, 0.05) is 31.1 Å². The van der Waals surface area contributed by atoms with E-state index in [9.17, 15) is 23.3 Å². The molecule has 0 saturated carbocycles. The van der Waals surface area contributed by atoms with Crippen molar-refractivity contribution in [3.05, 3.63) is 63.7 Å². The summed E-state index contributed by atoms with van der Waals surface area (Å²) < 4.78 is 31.6. The number of nitrogens with zero attached hydrogens (tertiary/aromatic N) is 2. The average Bonchev–Trinajstić information content (AvgIpc) is 2.67. The van der Waals surface area contributed by atoms with Gasteiger partial charge in [-0.05, 0) is 43.2 Å². The predicted octanol–water partition coefficient (Wildman–Crippen LogP) is 3.47. The lowest BCUT2D eigenvalue weighted by atomic mass is 10.1. The van der Waals surface area contributed by atoms with Gasteiger partial charge in [-0.2, -0.15) is 4.31 Å². The Kier molecular flexibility index (Phi) is 7.46. The smallest absolute Gasteiger partial charge is 0.311 e. The largest absolute Gasteiger partial charge is 0.427 e. The average molecular weight is 420 g/mol.